The van der Waals surface area contributed by atoms with E-state index in [1.54, 1.807) is 19.2 Å². The van der Waals surface area contributed by atoms with Crippen LogP contribution in [0.5, 0.6) is 5.88 Å². The van der Waals surface area contributed by atoms with Crippen molar-refractivity contribution in [2.24, 2.45) is 0 Å². The lowest BCUT2D eigenvalue weighted by atomic mass is 10.1. The third-order valence-corrected chi connectivity index (χ3v) is 3.06. The van der Waals surface area contributed by atoms with Gasteiger partial charge in [-0.3, -0.25) is 0 Å². The molecule has 2 aromatic rings. The van der Waals surface area contributed by atoms with Crippen LogP contribution in [0.1, 0.15) is 5.56 Å². The van der Waals surface area contributed by atoms with Crippen molar-refractivity contribution in [3.05, 3.63) is 35.9 Å². The molecule has 0 saturated carbocycles. The fraction of sp³-hybridized carbons (Fsp3) is 0.267. The van der Waals surface area contributed by atoms with Crippen molar-refractivity contribution in [2.75, 3.05) is 37.2 Å². The summed E-state index contributed by atoms with van der Waals surface area (Å²) in [7, 11) is 5.62. The quantitative estimate of drug-likeness (QED) is 0.896. The predicted octanol–water partition coefficient (Wildman–Crippen LogP) is 2.79. The molecule has 106 valence electrons. The lowest BCUT2D eigenvalue weighted by Crippen LogP contribution is -2.10. The molecule has 0 fully saturated rings. The standard InChI is InChI=1S/C15H20N4O/c1-10-5-6-11(9-13(10)19(2)3)17-15-12(16)7-8-14(18-15)20-4/h5-9H,16H2,1-4H3,(H,17,18). The van der Waals surface area contributed by atoms with Crippen molar-refractivity contribution < 1.29 is 4.74 Å². The molecule has 0 amide bonds. The Morgan fingerprint density at radius 3 is 2.60 bits per heavy atom. The topological polar surface area (TPSA) is 63.4 Å². The third kappa shape index (κ3) is 2.93. The van der Waals surface area contributed by atoms with Crippen LogP contribution in [0.25, 0.3) is 0 Å². The monoisotopic (exact) mass is 272 g/mol. The first kappa shape index (κ1) is 14.0. The number of hydrogen-bond donors (Lipinski definition) is 2. The molecule has 0 aliphatic rings. The van der Waals surface area contributed by atoms with Gasteiger partial charge in [-0.25, -0.2) is 0 Å². The van der Waals surface area contributed by atoms with Crippen LogP contribution in [-0.4, -0.2) is 26.2 Å². The maximum Gasteiger partial charge on any atom is 0.215 e. The highest BCUT2D eigenvalue weighted by molar-refractivity contribution is 5.72. The zero-order valence-corrected chi connectivity index (χ0v) is 12.3. The predicted molar refractivity (Wildman–Crippen MR) is 84.0 cm³/mol. The van der Waals surface area contributed by atoms with Crippen molar-refractivity contribution in [1.82, 2.24) is 4.98 Å². The lowest BCUT2D eigenvalue weighted by Gasteiger charge is -2.17. The Balaban J connectivity index is 2.32. The Labute approximate surface area is 119 Å². The molecule has 0 atom stereocenters. The summed E-state index contributed by atoms with van der Waals surface area (Å²) < 4.78 is 5.11. The summed E-state index contributed by atoms with van der Waals surface area (Å²) in [6, 6.07) is 9.64. The van der Waals surface area contributed by atoms with Crippen molar-refractivity contribution in [1.29, 1.82) is 0 Å². The molecule has 0 spiro atoms. The summed E-state index contributed by atoms with van der Waals surface area (Å²) in [5.41, 5.74) is 9.81. The minimum Gasteiger partial charge on any atom is -0.481 e. The number of ether oxygens (including phenoxy) is 1. The second-order valence-corrected chi connectivity index (χ2v) is 4.81. The summed E-state index contributed by atoms with van der Waals surface area (Å²) in [5, 5.41) is 3.23. The minimum atomic E-state index is 0.529. The highest BCUT2D eigenvalue weighted by atomic mass is 16.5. The maximum atomic E-state index is 5.93. The number of methoxy groups -OCH3 is 1. The lowest BCUT2D eigenvalue weighted by molar-refractivity contribution is 0.398. The van der Waals surface area contributed by atoms with E-state index in [0.717, 1.165) is 11.4 Å². The van der Waals surface area contributed by atoms with Gasteiger partial charge in [0, 0.05) is 31.5 Å². The van der Waals surface area contributed by atoms with Crippen molar-refractivity contribution >= 4 is 22.9 Å². The van der Waals surface area contributed by atoms with E-state index in [0.29, 0.717) is 17.4 Å². The van der Waals surface area contributed by atoms with Gasteiger partial charge in [-0.15, -0.1) is 0 Å². The molecule has 0 saturated heterocycles. The molecule has 1 aromatic carbocycles. The molecular formula is C15H20N4O. The molecular weight excluding hydrogens is 252 g/mol. The summed E-state index contributed by atoms with van der Waals surface area (Å²) in [6.07, 6.45) is 0. The van der Waals surface area contributed by atoms with Crippen molar-refractivity contribution in [2.45, 2.75) is 6.92 Å². The van der Waals surface area contributed by atoms with Gasteiger partial charge >= 0.3 is 0 Å². The summed E-state index contributed by atoms with van der Waals surface area (Å²) in [5.74, 6) is 1.12. The fourth-order valence-electron chi connectivity index (χ4n) is 1.97. The van der Waals surface area contributed by atoms with E-state index in [1.165, 1.54) is 5.56 Å². The molecule has 2 rings (SSSR count). The first-order chi connectivity index (χ1) is 9.51. The van der Waals surface area contributed by atoms with Gasteiger partial charge in [-0.05, 0) is 30.7 Å². The largest absolute Gasteiger partial charge is 0.481 e. The molecule has 0 bridgehead atoms. The van der Waals surface area contributed by atoms with Gasteiger partial charge in [0.2, 0.25) is 5.88 Å². The van der Waals surface area contributed by atoms with Crippen LogP contribution in [-0.2, 0) is 0 Å². The molecule has 20 heavy (non-hydrogen) atoms. The number of rotatable bonds is 4. The van der Waals surface area contributed by atoms with Gasteiger partial charge in [0.05, 0.1) is 12.8 Å². The average molecular weight is 272 g/mol. The molecule has 3 N–H and O–H groups in total. The Kier molecular flexibility index (Phi) is 3.98. The summed E-state index contributed by atoms with van der Waals surface area (Å²) >= 11 is 0. The first-order valence-electron chi connectivity index (χ1n) is 6.37. The van der Waals surface area contributed by atoms with Crippen LogP contribution >= 0.6 is 0 Å². The molecule has 0 aliphatic heterocycles. The van der Waals surface area contributed by atoms with Gasteiger partial charge in [-0.1, -0.05) is 6.07 Å². The number of anilines is 4. The molecule has 1 heterocycles. The smallest absolute Gasteiger partial charge is 0.215 e. The minimum absolute atomic E-state index is 0.529. The van der Waals surface area contributed by atoms with Gasteiger partial charge in [0.1, 0.15) is 0 Å². The van der Waals surface area contributed by atoms with Crippen LogP contribution < -0.4 is 20.7 Å². The molecule has 5 heteroatoms. The molecule has 0 unspecified atom stereocenters. The van der Waals surface area contributed by atoms with Gasteiger partial charge in [0.15, 0.2) is 5.82 Å². The Morgan fingerprint density at radius 2 is 1.95 bits per heavy atom. The second kappa shape index (κ2) is 5.69. The van der Waals surface area contributed by atoms with E-state index in [-0.39, 0.29) is 0 Å². The second-order valence-electron chi connectivity index (χ2n) is 4.81. The molecule has 0 radical (unpaired) electrons. The van der Waals surface area contributed by atoms with Crippen LogP contribution in [0.4, 0.5) is 22.9 Å². The number of aryl methyl sites for hydroxylation is 1. The normalized spacial score (nSPS) is 10.2. The number of aromatic nitrogens is 1. The highest BCUT2D eigenvalue weighted by Crippen LogP contribution is 2.27. The third-order valence-electron chi connectivity index (χ3n) is 3.06. The van der Waals surface area contributed by atoms with Crippen LogP contribution in [0.3, 0.4) is 0 Å². The zero-order chi connectivity index (χ0) is 14.7. The Hall–Kier alpha value is -2.43. The first-order valence-corrected chi connectivity index (χ1v) is 6.37. The van der Waals surface area contributed by atoms with E-state index in [4.69, 9.17) is 10.5 Å². The maximum absolute atomic E-state index is 5.93. The number of nitrogens with zero attached hydrogens (tertiary/aromatic N) is 2. The SMILES string of the molecule is COc1ccc(N)c(Nc2ccc(C)c(N(C)C)c2)n1. The number of nitrogen functional groups attached to an aromatic ring is 1. The van der Waals surface area contributed by atoms with E-state index in [2.05, 4.69) is 34.3 Å². The Morgan fingerprint density at radius 1 is 1.20 bits per heavy atom. The van der Waals surface area contributed by atoms with Gasteiger partial charge in [0.25, 0.3) is 0 Å². The van der Waals surface area contributed by atoms with Crippen LogP contribution in [0.15, 0.2) is 30.3 Å². The molecule has 1 aromatic heterocycles. The number of hydrogen-bond acceptors (Lipinski definition) is 5. The Bertz CT molecular complexity index is 611. The number of nitrogens with two attached hydrogens (primary N) is 1. The number of benzene rings is 1. The number of nitrogens with one attached hydrogen (secondary N) is 1. The fourth-order valence-corrected chi connectivity index (χ4v) is 1.97. The molecule has 5 nitrogen and oxygen atoms in total. The van der Waals surface area contributed by atoms with Crippen molar-refractivity contribution in [3.8, 4) is 5.88 Å². The van der Waals surface area contributed by atoms with Crippen LogP contribution in [0, 0.1) is 6.92 Å². The van der Waals surface area contributed by atoms with E-state index in [1.807, 2.05) is 20.2 Å². The van der Waals surface area contributed by atoms with E-state index >= 15 is 0 Å². The van der Waals surface area contributed by atoms with Crippen molar-refractivity contribution in [3.63, 3.8) is 0 Å². The van der Waals surface area contributed by atoms with Gasteiger partial charge in [-0.2, -0.15) is 4.98 Å². The van der Waals surface area contributed by atoms with E-state index in [9.17, 15) is 0 Å². The zero-order valence-electron chi connectivity index (χ0n) is 12.3. The number of pyridine rings is 1. The van der Waals surface area contributed by atoms with Gasteiger partial charge < -0.3 is 20.7 Å². The van der Waals surface area contributed by atoms with E-state index < -0.39 is 0 Å². The van der Waals surface area contributed by atoms with Crippen LogP contribution in [0.2, 0.25) is 0 Å². The highest BCUT2D eigenvalue weighted by Gasteiger charge is 2.06. The summed E-state index contributed by atoms with van der Waals surface area (Å²) in [4.78, 5) is 6.38. The summed E-state index contributed by atoms with van der Waals surface area (Å²) in [6.45, 7) is 2.08. The average Bonchev–Trinajstić information content (AvgIpc) is 2.43. The molecule has 0 aliphatic carbocycles.